The van der Waals surface area contributed by atoms with Crippen LogP contribution in [0.25, 0.3) is 0 Å². The van der Waals surface area contributed by atoms with Gasteiger partial charge in [-0.3, -0.25) is 0 Å². The molecule has 1 rings (SSSR count). The Morgan fingerprint density at radius 1 is 1.40 bits per heavy atom. The van der Waals surface area contributed by atoms with Crippen LogP contribution in [0.1, 0.15) is 27.2 Å². The summed E-state index contributed by atoms with van der Waals surface area (Å²) < 4.78 is 0. The summed E-state index contributed by atoms with van der Waals surface area (Å²) in [7, 11) is 0. The van der Waals surface area contributed by atoms with Gasteiger partial charge >= 0.3 is 0 Å². The lowest BCUT2D eigenvalue weighted by Crippen LogP contribution is -2.39. The van der Waals surface area contributed by atoms with Gasteiger partial charge in [0.2, 0.25) is 0 Å². The van der Waals surface area contributed by atoms with Crippen molar-refractivity contribution in [1.82, 2.24) is 10.2 Å². The first kappa shape index (κ1) is 13.3. The molecule has 1 N–H and O–H groups in total. The van der Waals surface area contributed by atoms with Crippen molar-refractivity contribution in [3.05, 3.63) is 0 Å². The van der Waals surface area contributed by atoms with Gasteiger partial charge in [0, 0.05) is 24.4 Å². The lowest BCUT2D eigenvalue weighted by atomic mass is 10.1. The van der Waals surface area contributed by atoms with Crippen molar-refractivity contribution < 1.29 is 0 Å². The van der Waals surface area contributed by atoms with E-state index < -0.39 is 0 Å². The van der Waals surface area contributed by atoms with E-state index in [-0.39, 0.29) is 5.54 Å². The molecule has 0 saturated carbocycles. The number of nitrogens with zero attached hydrogens (tertiary/aromatic N) is 1. The summed E-state index contributed by atoms with van der Waals surface area (Å²) >= 11 is 1.95. The van der Waals surface area contributed by atoms with Crippen LogP contribution in [0.3, 0.4) is 0 Å². The highest BCUT2D eigenvalue weighted by atomic mass is 32.2. The number of nitrogens with one attached hydrogen (secondary N) is 1. The van der Waals surface area contributed by atoms with Crippen LogP contribution < -0.4 is 5.32 Å². The zero-order valence-electron chi connectivity index (χ0n) is 10.7. The molecule has 0 amide bonds. The summed E-state index contributed by atoms with van der Waals surface area (Å²) in [6, 6.07) is 0. The van der Waals surface area contributed by atoms with E-state index in [0.717, 1.165) is 5.92 Å². The molecule has 0 bridgehead atoms. The quantitative estimate of drug-likeness (QED) is 0.778. The Hall–Kier alpha value is 0.270. The maximum atomic E-state index is 3.61. The second-order valence-corrected chi connectivity index (χ2v) is 6.56. The average molecular weight is 230 g/mol. The molecule has 0 aliphatic carbocycles. The third-order valence-electron chi connectivity index (χ3n) is 2.90. The van der Waals surface area contributed by atoms with Crippen LogP contribution in [0.4, 0.5) is 0 Å². The fraction of sp³-hybridized carbons (Fsp3) is 1.00. The van der Waals surface area contributed by atoms with Gasteiger partial charge < -0.3 is 10.2 Å². The van der Waals surface area contributed by atoms with Crippen molar-refractivity contribution in [2.24, 2.45) is 5.92 Å². The maximum Gasteiger partial charge on any atom is 0.00966 e. The molecule has 1 aliphatic rings. The van der Waals surface area contributed by atoms with Crippen LogP contribution in [0.15, 0.2) is 0 Å². The molecule has 0 radical (unpaired) electrons. The summed E-state index contributed by atoms with van der Waals surface area (Å²) in [5, 5.41) is 3.61. The van der Waals surface area contributed by atoms with Gasteiger partial charge in [0.05, 0.1) is 0 Å². The van der Waals surface area contributed by atoms with E-state index in [1.54, 1.807) is 0 Å². The highest BCUT2D eigenvalue weighted by Gasteiger charge is 2.22. The van der Waals surface area contributed by atoms with Crippen molar-refractivity contribution in [2.75, 3.05) is 38.2 Å². The van der Waals surface area contributed by atoms with Crippen LogP contribution in [0, 0.1) is 5.92 Å². The van der Waals surface area contributed by atoms with E-state index in [0.29, 0.717) is 0 Å². The van der Waals surface area contributed by atoms with Crippen molar-refractivity contribution in [2.45, 2.75) is 32.7 Å². The van der Waals surface area contributed by atoms with E-state index in [1.807, 2.05) is 11.8 Å². The minimum atomic E-state index is 0.271. The normalized spacial score (nSPS) is 23.6. The molecular weight excluding hydrogens is 204 g/mol. The predicted molar refractivity (Wildman–Crippen MR) is 70.7 cm³/mol. The topological polar surface area (TPSA) is 15.3 Å². The Balaban J connectivity index is 2.13. The summed E-state index contributed by atoms with van der Waals surface area (Å²) in [6.07, 6.45) is 3.56. The zero-order chi connectivity index (χ0) is 11.3. The van der Waals surface area contributed by atoms with Gasteiger partial charge in [0.1, 0.15) is 0 Å². The van der Waals surface area contributed by atoms with Gasteiger partial charge in [-0.25, -0.2) is 0 Å². The third kappa shape index (κ3) is 5.79. The van der Waals surface area contributed by atoms with E-state index in [1.165, 1.54) is 38.4 Å². The summed E-state index contributed by atoms with van der Waals surface area (Å²) in [5.41, 5.74) is 0.271. The number of hydrogen-bond acceptors (Lipinski definition) is 3. The number of likely N-dealkylation sites (tertiary alicyclic amines) is 1. The summed E-state index contributed by atoms with van der Waals surface area (Å²) in [4.78, 5) is 2.60. The Morgan fingerprint density at radius 2 is 2.13 bits per heavy atom. The van der Waals surface area contributed by atoms with Crippen molar-refractivity contribution in [3.8, 4) is 0 Å². The van der Waals surface area contributed by atoms with Crippen molar-refractivity contribution >= 4 is 11.8 Å². The second kappa shape index (κ2) is 6.12. The molecule has 1 saturated heterocycles. The van der Waals surface area contributed by atoms with Crippen molar-refractivity contribution in [3.63, 3.8) is 0 Å². The van der Waals surface area contributed by atoms with Gasteiger partial charge in [-0.1, -0.05) is 0 Å². The molecule has 15 heavy (non-hydrogen) atoms. The average Bonchev–Trinajstić information content (AvgIpc) is 2.58. The Kier molecular flexibility index (Phi) is 5.44. The summed E-state index contributed by atoms with van der Waals surface area (Å²) in [5.74, 6) is 2.14. The molecule has 0 aromatic carbocycles. The highest BCUT2D eigenvalue weighted by molar-refractivity contribution is 7.98. The maximum absolute atomic E-state index is 3.61. The monoisotopic (exact) mass is 230 g/mol. The molecule has 0 spiro atoms. The standard InChI is InChI=1S/C12H26N2S/c1-12(2,3)13-9-11-5-6-14(10-11)7-8-15-4/h11,13H,5-10H2,1-4H3. The molecule has 1 aliphatic heterocycles. The molecular formula is C12H26N2S. The Labute approximate surface area is 99.2 Å². The van der Waals surface area contributed by atoms with E-state index in [2.05, 4.69) is 37.2 Å². The first-order valence-electron chi connectivity index (χ1n) is 5.97. The smallest absolute Gasteiger partial charge is 0.00966 e. The minimum Gasteiger partial charge on any atom is -0.312 e. The van der Waals surface area contributed by atoms with Gasteiger partial charge in [-0.2, -0.15) is 11.8 Å². The van der Waals surface area contributed by atoms with E-state index in [4.69, 9.17) is 0 Å². The van der Waals surface area contributed by atoms with Crippen LogP contribution in [0.2, 0.25) is 0 Å². The molecule has 1 heterocycles. The summed E-state index contributed by atoms with van der Waals surface area (Å²) in [6.45, 7) is 11.8. The van der Waals surface area contributed by atoms with Gasteiger partial charge in [-0.05, 0) is 52.5 Å². The molecule has 90 valence electrons. The molecule has 3 heteroatoms. The lowest BCUT2D eigenvalue weighted by molar-refractivity contribution is 0.326. The fourth-order valence-electron chi connectivity index (χ4n) is 1.95. The largest absolute Gasteiger partial charge is 0.312 e. The third-order valence-corrected chi connectivity index (χ3v) is 3.49. The van der Waals surface area contributed by atoms with Gasteiger partial charge in [-0.15, -0.1) is 0 Å². The van der Waals surface area contributed by atoms with Gasteiger partial charge in [0.15, 0.2) is 0 Å². The molecule has 2 nitrogen and oxygen atoms in total. The predicted octanol–water partition coefficient (Wildman–Crippen LogP) is 2.06. The first-order chi connectivity index (χ1) is 7.01. The van der Waals surface area contributed by atoms with E-state index in [9.17, 15) is 0 Å². The highest BCUT2D eigenvalue weighted by Crippen LogP contribution is 2.16. The van der Waals surface area contributed by atoms with Crippen LogP contribution in [0.5, 0.6) is 0 Å². The van der Waals surface area contributed by atoms with Crippen LogP contribution >= 0.6 is 11.8 Å². The fourth-order valence-corrected chi connectivity index (χ4v) is 2.39. The van der Waals surface area contributed by atoms with Gasteiger partial charge in [0.25, 0.3) is 0 Å². The number of rotatable bonds is 5. The number of thioether (sulfide) groups is 1. The molecule has 0 aromatic heterocycles. The van der Waals surface area contributed by atoms with Crippen LogP contribution in [-0.2, 0) is 0 Å². The second-order valence-electron chi connectivity index (χ2n) is 5.58. The van der Waals surface area contributed by atoms with Crippen LogP contribution in [-0.4, -0.2) is 48.6 Å². The molecule has 1 unspecified atom stereocenters. The minimum absolute atomic E-state index is 0.271. The van der Waals surface area contributed by atoms with E-state index >= 15 is 0 Å². The lowest BCUT2D eigenvalue weighted by Gasteiger charge is -2.23. The molecule has 1 fully saturated rings. The SMILES string of the molecule is CSCCN1CCC(CNC(C)(C)C)C1. The first-order valence-corrected chi connectivity index (χ1v) is 7.37. The van der Waals surface area contributed by atoms with Crippen molar-refractivity contribution in [1.29, 1.82) is 0 Å². The molecule has 0 aromatic rings. The Bertz CT molecular complexity index is 177. The molecule has 1 atom stereocenters. The Morgan fingerprint density at radius 3 is 2.73 bits per heavy atom. The zero-order valence-corrected chi connectivity index (χ0v) is 11.5. The number of hydrogen-bond donors (Lipinski definition) is 1.